The van der Waals surface area contributed by atoms with Crippen molar-refractivity contribution in [1.29, 1.82) is 0 Å². The maximum absolute atomic E-state index is 12.6. The van der Waals surface area contributed by atoms with Gasteiger partial charge < -0.3 is 14.2 Å². The van der Waals surface area contributed by atoms with Gasteiger partial charge in [-0.25, -0.2) is 0 Å². The van der Waals surface area contributed by atoms with Crippen molar-refractivity contribution in [3.63, 3.8) is 0 Å². The zero-order chi connectivity index (χ0) is 40.1. The molecule has 0 heterocycles. The van der Waals surface area contributed by atoms with Gasteiger partial charge in [0, 0.05) is 12.8 Å². The molecule has 0 aromatic heterocycles. The average molecular weight is 761 g/mol. The van der Waals surface area contributed by atoms with Crippen molar-refractivity contribution in [3.05, 3.63) is 109 Å². The quantitative estimate of drug-likeness (QED) is 0.0208. The fourth-order valence-electron chi connectivity index (χ4n) is 5.23. The number of ether oxygens (including phenoxy) is 3. The van der Waals surface area contributed by atoms with E-state index in [2.05, 4.69) is 63.3 Å². The van der Waals surface area contributed by atoms with Crippen molar-refractivity contribution >= 4 is 17.9 Å². The second-order valence-electron chi connectivity index (χ2n) is 13.6. The lowest BCUT2D eigenvalue weighted by atomic mass is 10.1. The summed E-state index contributed by atoms with van der Waals surface area (Å²) in [5, 5.41) is 0. The maximum Gasteiger partial charge on any atom is 0.309 e. The van der Waals surface area contributed by atoms with Gasteiger partial charge >= 0.3 is 17.9 Å². The molecule has 0 fully saturated rings. The Bertz CT molecular complexity index is 1200. The van der Waals surface area contributed by atoms with Crippen LogP contribution in [0.25, 0.3) is 0 Å². The van der Waals surface area contributed by atoms with Crippen LogP contribution in [0, 0.1) is 0 Å². The summed E-state index contributed by atoms with van der Waals surface area (Å²) in [6, 6.07) is 0. The van der Waals surface area contributed by atoms with Gasteiger partial charge in [-0.3, -0.25) is 14.4 Å². The highest BCUT2D eigenvalue weighted by Crippen LogP contribution is 2.12. The summed E-state index contributed by atoms with van der Waals surface area (Å²) < 4.78 is 16.5. The summed E-state index contributed by atoms with van der Waals surface area (Å²) in [6.45, 7) is 6.16. The molecular weight excluding hydrogens is 685 g/mol. The van der Waals surface area contributed by atoms with Gasteiger partial charge in [0.15, 0.2) is 6.10 Å². The van der Waals surface area contributed by atoms with E-state index < -0.39 is 18.0 Å². The molecule has 0 amide bonds. The number of carbonyl (C=O) groups excluding carboxylic acids is 3. The minimum absolute atomic E-state index is 0.115. The van der Waals surface area contributed by atoms with Gasteiger partial charge in [-0.2, -0.15) is 0 Å². The molecule has 0 aromatic carbocycles. The number of hydrogen-bond acceptors (Lipinski definition) is 6. The van der Waals surface area contributed by atoms with E-state index in [4.69, 9.17) is 14.2 Å². The normalized spacial score (nSPS) is 13.1. The third-order valence-corrected chi connectivity index (χ3v) is 8.40. The lowest BCUT2D eigenvalue weighted by Gasteiger charge is -2.18. The summed E-state index contributed by atoms with van der Waals surface area (Å²) >= 11 is 0. The number of rotatable bonds is 36. The van der Waals surface area contributed by atoms with E-state index in [1.807, 2.05) is 60.8 Å². The van der Waals surface area contributed by atoms with Crippen LogP contribution in [0.15, 0.2) is 109 Å². The molecule has 0 bridgehead atoms. The SMILES string of the molecule is CC\C=C/C=C\C=C/C=C\C=C/CCCC(=O)OC(COC(=O)C/C=C\C/C=C\C/C=C\CC)COC(=O)CCCCCCCCC/C=C\CCCCCC. The van der Waals surface area contributed by atoms with E-state index in [-0.39, 0.29) is 32.0 Å². The first-order chi connectivity index (χ1) is 27.0. The van der Waals surface area contributed by atoms with E-state index in [1.165, 1.54) is 64.2 Å². The van der Waals surface area contributed by atoms with Crippen LogP contribution < -0.4 is 0 Å². The van der Waals surface area contributed by atoms with E-state index >= 15 is 0 Å². The molecule has 1 unspecified atom stereocenters. The zero-order valence-corrected chi connectivity index (χ0v) is 34.9. The van der Waals surface area contributed by atoms with Crippen molar-refractivity contribution in [3.8, 4) is 0 Å². The summed E-state index contributed by atoms with van der Waals surface area (Å²) in [4.78, 5) is 37.5. The Morgan fingerprint density at radius 1 is 0.418 bits per heavy atom. The number of hydrogen-bond donors (Lipinski definition) is 0. The molecule has 0 saturated carbocycles. The Kier molecular flexibility index (Phi) is 39.7. The van der Waals surface area contributed by atoms with Gasteiger partial charge in [0.05, 0.1) is 6.42 Å². The Labute approximate surface area is 336 Å². The molecule has 308 valence electrons. The predicted molar refractivity (Wildman–Crippen MR) is 233 cm³/mol. The summed E-state index contributed by atoms with van der Waals surface area (Å²) in [6.07, 6.45) is 56.9. The van der Waals surface area contributed by atoms with Gasteiger partial charge in [0.1, 0.15) is 13.2 Å². The molecule has 0 aromatic rings. The first-order valence-electron chi connectivity index (χ1n) is 21.5. The molecule has 6 heteroatoms. The Hall–Kier alpha value is -3.93. The first-order valence-corrected chi connectivity index (χ1v) is 21.5. The molecular formula is C49H76O6. The molecule has 0 rings (SSSR count). The molecule has 0 spiro atoms. The molecule has 55 heavy (non-hydrogen) atoms. The zero-order valence-electron chi connectivity index (χ0n) is 34.9. The van der Waals surface area contributed by atoms with E-state index in [9.17, 15) is 14.4 Å². The van der Waals surface area contributed by atoms with Gasteiger partial charge in [-0.05, 0) is 70.6 Å². The molecule has 1 atom stereocenters. The van der Waals surface area contributed by atoms with E-state index in [1.54, 1.807) is 6.08 Å². The van der Waals surface area contributed by atoms with Crippen molar-refractivity contribution in [2.45, 2.75) is 168 Å². The van der Waals surface area contributed by atoms with Crippen LogP contribution in [0.3, 0.4) is 0 Å². The largest absolute Gasteiger partial charge is 0.462 e. The average Bonchev–Trinajstić information content (AvgIpc) is 3.18. The fraction of sp³-hybridized carbons (Fsp3) is 0.571. The van der Waals surface area contributed by atoms with Gasteiger partial charge in [0.25, 0.3) is 0 Å². The Balaban J connectivity index is 4.57. The van der Waals surface area contributed by atoms with Crippen molar-refractivity contribution < 1.29 is 28.6 Å². The minimum Gasteiger partial charge on any atom is -0.462 e. The molecule has 0 aliphatic carbocycles. The molecule has 0 radical (unpaired) electrons. The maximum atomic E-state index is 12.6. The Morgan fingerprint density at radius 3 is 1.51 bits per heavy atom. The second-order valence-corrected chi connectivity index (χ2v) is 13.6. The third kappa shape index (κ3) is 41.1. The molecule has 0 saturated heterocycles. The standard InChI is InChI=1S/C49H76O6/c1-4-7-10-13-16-19-21-23-24-26-27-30-33-36-39-42-48(51)54-45-46(44-53-47(50)41-38-35-32-29-18-15-12-9-6-3)55-49(52)43-40-37-34-31-28-25-22-20-17-14-11-8-5-2/h8-9,11-12,14,17-22,25,28-29,31,34-35,38,46H,4-7,10,13,15-16,23-24,26-27,30,32-33,36-37,39-45H2,1-3H3/b11-8-,12-9-,17-14-,21-19-,22-20-,28-25-,29-18-,34-31-,38-35-. The first kappa shape index (κ1) is 51.1. The van der Waals surface area contributed by atoms with Crippen LogP contribution in [0.5, 0.6) is 0 Å². The Morgan fingerprint density at radius 2 is 0.891 bits per heavy atom. The second kappa shape index (κ2) is 42.8. The number of allylic oxidation sites excluding steroid dienone is 17. The molecule has 0 aliphatic heterocycles. The van der Waals surface area contributed by atoms with Crippen LogP contribution in [0.2, 0.25) is 0 Å². The van der Waals surface area contributed by atoms with Crippen LogP contribution in [-0.4, -0.2) is 37.2 Å². The topological polar surface area (TPSA) is 78.9 Å². The van der Waals surface area contributed by atoms with Crippen molar-refractivity contribution in [2.24, 2.45) is 0 Å². The van der Waals surface area contributed by atoms with Crippen LogP contribution in [-0.2, 0) is 28.6 Å². The van der Waals surface area contributed by atoms with Gasteiger partial charge in [-0.1, -0.05) is 182 Å². The van der Waals surface area contributed by atoms with Gasteiger partial charge in [0.2, 0.25) is 0 Å². The van der Waals surface area contributed by atoms with Crippen LogP contribution in [0.1, 0.15) is 162 Å². The minimum atomic E-state index is -0.851. The van der Waals surface area contributed by atoms with Crippen molar-refractivity contribution in [1.82, 2.24) is 0 Å². The summed E-state index contributed by atoms with van der Waals surface area (Å²) in [5.74, 6) is -1.16. The lowest BCUT2D eigenvalue weighted by molar-refractivity contribution is -0.166. The summed E-state index contributed by atoms with van der Waals surface area (Å²) in [5.41, 5.74) is 0. The highest BCUT2D eigenvalue weighted by molar-refractivity contribution is 5.72. The predicted octanol–water partition coefficient (Wildman–Crippen LogP) is 13.6. The molecule has 6 nitrogen and oxygen atoms in total. The third-order valence-electron chi connectivity index (χ3n) is 8.40. The number of carbonyl (C=O) groups is 3. The van der Waals surface area contributed by atoms with Crippen LogP contribution >= 0.6 is 0 Å². The molecule has 0 aliphatic rings. The summed E-state index contributed by atoms with van der Waals surface area (Å²) in [7, 11) is 0. The lowest BCUT2D eigenvalue weighted by Crippen LogP contribution is -2.30. The monoisotopic (exact) mass is 761 g/mol. The van der Waals surface area contributed by atoms with Crippen LogP contribution in [0.4, 0.5) is 0 Å². The fourth-order valence-corrected chi connectivity index (χ4v) is 5.23. The highest BCUT2D eigenvalue weighted by Gasteiger charge is 2.19. The highest BCUT2D eigenvalue weighted by atomic mass is 16.6. The molecule has 0 N–H and O–H groups in total. The number of unbranched alkanes of at least 4 members (excludes halogenated alkanes) is 12. The van der Waals surface area contributed by atoms with Crippen molar-refractivity contribution in [2.75, 3.05) is 13.2 Å². The smallest absolute Gasteiger partial charge is 0.309 e. The van der Waals surface area contributed by atoms with Gasteiger partial charge in [-0.15, -0.1) is 0 Å². The number of esters is 3. The van der Waals surface area contributed by atoms with E-state index in [0.29, 0.717) is 19.3 Å². The van der Waals surface area contributed by atoms with E-state index in [0.717, 1.165) is 44.9 Å².